The summed E-state index contributed by atoms with van der Waals surface area (Å²) in [5.74, 6) is -0.311. The second kappa shape index (κ2) is 5.37. The zero-order valence-electron chi connectivity index (χ0n) is 13.7. The number of amides is 1. The van der Waals surface area contributed by atoms with Gasteiger partial charge in [0.2, 0.25) is 0 Å². The molecule has 2 aliphatic heterocycles. The molecule has 6 heteroatoms. The van der Waals surface area contributed by atoms with E-state index in [-0.39, 0.29) is 11.9 Å². The van der Waals surface area contributed by atoms with Crippen molar-refractivity contribution in [3.05, 3.63) is 29.6 Å². The number of anilines is 1. The number of nitrogens with zero attached hydrogens (tertiary/aromatic N) is 1. The van der Waals surface area contributed by atoms with Crippen LogP contribution in [-0.2, 0) is 10.2 Å². The van der Waals surface area contributed by atoms with Gasteiger partial charge in [-0.15, -0.1) is 0 Å². The van der Waals surface area contributed by atoms with Crippen molar-refractivity contribution in [1.82, 2.24) is 4.90 Å². The van der Waals surface area contributed by atoms with Crippen LogP contribution in [0.5, 0.6) is 0 Å². The number of rotatable bonds is 0. The molecule has 5 nitrogen and oxygen atoms in total. The van der Waals surface area contributed by atoms with Crippen molar-refractivity contribution >= 4 is 11.8 Å². The van der Waals surface area contributed by atoms with E-state index >= 15 is 0 Å². The Labute approximate surface area is 135 Å². The Bertz CT molecular complexity index is 619. The summed E-state index contributed by atoms with van der Waals surface area (Å²) >= 11 is 0. The van der Waals surface area contributed by atoms with Gasteiger partial charge in [0, 0.05) is 24.2 Å². The molecule has 2 N–H and O–H groups in total. The van der Waals surface area contributed by atoms with Crippen molar-refractivity contribution in [2.24, 2.45) is 0 Å². The first kappa shape index (κ1) is 16.1. The Morgan fingerprint density at radius 1 is 1.39 bits per heavy atom. The zero-order valence-corrected chi connectivity index (χ0v) is 13.7. The van der Waals surface area contributed by atoms with Crippen molar-refractivity contribution < 1.29 is 19.0 Å². The summed E-state index contributed by atoms with van der Waals surface area (Å²) in [5.41, 5.74) is 0.491. The highest BCUT2D eigenvalue weighted by Gasteiger charge is 2.49. The first-order chi connectivity index (χ1) is 10.7. The first-order valence-corrected chi connectivity index (χ1v) is 7.94. The van der Waals surface area contributed by atoms with E-state index in [0.29, 0.717) is 25.9 Å². The van der Waals surface area contributed by atoms with E-state index in [1.165, 1.54) is 12.1 Å². The molecule has 2 aliphatic rings. The third-order valence-corrected chi connectivity index (χ3v) is 4.64. The largest absolute Gasteiger partial charge is 0.444 e. The maximum Gasteiger partial charge on any atom is 0.410 e. The second-order valence-electron chi connectivity index (χ2n) is 7.36. The van der Waals surface area contributed by atoms with Gasteiger partial charge in [-0.25, -0.2) is 9.18 Å². The average molecular weight is 322 g/mol. The lowest BCUT2D eigenvalue weighted by Gasteiger charge is -2.41. The van der Waals surface area contributed by atoms with Gasteiger partial charge in [0.25, 0.3) is 0 Å². The predicted octanol–water partition coefficient (Wildman–Crippen LogP) is 2.84. The predicted molar refractivity (Wildman–Crippen MR) is 84.7 cm³/mol. The summed E-state index contributed by atoms with van der Waals surface area (Å²) in [6, 6.07) is 4.53. The van der Waals surface area contributed by atoms with Crippen LogP contribution in [0.25, 0.3) is 0 Å². The van der Waals surface area contributed by atoms with E-state index in [2.05, 4.69) is 5.32 Å². The number of benzene rings is 1. The summed E-state index contributed by atoms with van der Waals surface area (Å²) in [5, 5.41) is 13.5. The molecule has 3 rings (SSSR count). The molecule has 0 bridgehead atoms. The third kappa shape index (κ3) is 2.87. The number of aliphatic hydroxyl groups is 1. The summed E-state index contributed by atoms with van der Waals surface area (Å²) < 4.78 is 19.0. The van der Waals surface area contributed by atoms with Crippen molar-refractivity contribution in [2.75, 3.05) is 18.4 Å². The summed E-state index contributed by atoms with van der Waals surface area (Å²) in [6.07, 6.45) is 0.0284. The molecule has 2 heterocycles. The SMILES string of the molecule is CC(C)(C)OC(=O)N1CCC2(CC1)c1cc(F)ccc1N[C@@H]2O. The molecular formula is C17H23FN2O3. The highest BCUT2D eigenvalue weighted by Crippen LogP contribution is 2.47. The van der Waals surface area contributed by atoms with Gasteiger partial charge in [-0.05, 0) is 57.4 Å². The second-order valence-corrected chi connectivity index (χ2v) is 7.36. The topological polar surface area (TPSA) is 61.8 Å². The molecular weight excluding hydrogens is 299 g/mol. The number of hydrogen-bond donors (Lipinski definition) is 2. The maximum atomic E-state index is 13.6. The summed E-state index contributed by atoms with van der Waals surface area (Å²) in [4.78, 5) is 13.8. The van der Waals surface area contributed by atoms with Gasteiger partial charge in [-0.1, -0.05) is 0 Å². The van der Waals surface area contributed by atoms with Crippen LogP contribution in [0, 0.1) is 5.82 Å². The van der Waals surface area contributed by atoms with Crippen LogP contribution in [0.3, 0.4) is 0 Å². The molecule has 1 amide bonds. The van der Waals surface area contributed by atoms with Crippen LogP contribution in [0.15, 0.2) is 18.2 Å². The zero-order chi connectivity index (χ0) is 16.8. The fraction of sp³-hybridized carbons (Fsp3) is 0.588. The number of ether oxygens (including phenoxy) is 1. The van der Waals surface area contributed by atoms with E-state index in [0.717, 1.165) is 11.3 Å². The smallest absolute Gasteiger partial charge is 0.410 e. The van der Waals surface area contributed by atoms with E-state index in [1.807, 2.05) is 20.8 Å². The van der Waals surface area contributed by atoms with Gasteiger partial charge in [0.15, 0.2) is 0 Å². The number of aliphatic hydroxyl groups excluding tert-OH is 1. The van der Waals surface area contributed by atoms with Crippen LogP contribution in [0.2, 0.25) is 0 Å². The first-order valence-electron chi connectivity index (χ1n) is 7.94. The van der Waals surface area contributed by atoms with Gasteiger partial charge < -0.3 is 20.1 Å². The molecule has 1 spiro atoms. The lowest BCUT2D eigenvalue weighted by atomic mass is 9.73. The number of fused-ring (bicyclic) bond motifs is 2. The van der Waals surface area contributed by atoms with Crippen LogP contribution >= 0.6 is 0 Å². The van der Waals surface area contributed by atoms with Crippen LogP contribution < -0.4 is 5.32 Å². The van der Waals surface area contributed by atoms with Gasteiger partial charge >= 0.3 is 6.09 Å². The minimum atomic E-state index is -0.764. The summed E-state index contributed by atoms with van der Waals surface area (Å²) in [6.45, 7) is 6.45. The fourth-order valence-corrected chi connectivity index (χ4v) is 3.44. The molecule has 126 valence electrons. The van der Waals surface area contributed by atoms with Crippen LogP contribution in [-0.4, -0.2) is 41.0 Å². The van der Waals surface area contributed by atoms with E-state index < -0.39 is 17.2 Å². The highest BCUT2D eigenvalue weighted by atomic mass is 19.1. The van der Waals surface area contributed by atoms with Crippen molar-refractivity contribution in [2.45, 2.75) is 50.9 Å². The summed E-state index contributed by atoms with van der Waals surface area (Å²) in [7, 11) is 0. The van der Waals surface area contributed by atoms with Crippen molar-refractivity contribution in [3.8, 4) is 0 Å². The Kier molecular flexibility index (Phi) is 3.75. The van der Waals surface area contributed by atoms with Crippen molar-refractivity contribution in [1.29, 1.82) is 0 Å². The maximum absolute atomic E-state index is 13.6. The van der Waals surface area contributed by atoms with Crippen molar-refractivity contribution in [3.63, 3.8) is 0 Å². The lowest BCUT2D eigenvalue weighted by Crippen LogP contribution is -2.51. The Hall–Kier alpha value is -1.82. The molecule has 1 saturated heterocycles. The average Bonchev–Trinajstić information content (AvgIpc) is 2.71. The molecule has 23 heavy (non-hydrogen) atoms. The standard InChI is InChI=1S/C17H23FN2O3/c1-16(2,3)23-15(22)20-8-6-17(7-9-20)12-10-11(18)4-5-13(12)19-14(17)21/h4-5,10,14,19,21H,6-9H2,1-3H3/t14-/m1/s1. The number of likely N-dealkylation sites (tertiary alicyclic amines) is 1. The molecule has 0 aliphatic carbocycles. The number of piperidine rings is 1. The van der Waals surface area contributed by atoms with E-state index in [1.54, 1.807) is 11.0 Å². The number of carbonyl (C=O) groups excluding carboxylic acids is 1. The fourth-order valence-electron chi connectivity index (χ4n) is 3.44. The minimum absolute atomic E-state index is 0.311. The lowest BCUT2D eigenvalue weighted by molar-refractivity contribution is 0.00578. The quantitative estimate of drug-likeness (QED) is 0.771. The third-order valence-electron chi connectivity index (χ3n) is 4.64. The van der Waals surface area contributed by atoms with E-state index in [4.69, 9.17) is 4.74 Å². The Balaban J connectivity index is 1.76. The van der Waals surface area contributed by atoms with Crippen LogP contribution in [0.1, 0.15) is 39.2 Å². The van der Waals surface area contributed by atoms with Gasteiger partial charge in [-0.2, -0.15) is 0 Å². The number of hydrogen-bond acceptors (Lipinski definition) is 4. The molecule has 0 radical (unpaired) electrons. The van der Waals surface area contributed by atoms with Gasteiger partial charge in [-0.3, -0.25) is 0 Å². The number of halogens is 1. The molecule has 1 atom stereocenters. The van der Waals surface area contributed by atoms with Gasteiger partial charge in [0.1, 0.15) is 17.6 Å². The Morgan fingerprint density at radius 2 is 2.04 bits per heavy atom. The molecule has 0 saturated carbocycles. The van der Waals surface area contributed by atoms with Crippen LogP contribution in [0.4, 0.5) is 14.9 Å². The normalized spacial score (nSPS) is 22.7. The highest BCUT2D eigenvalue weighted by molar-refractivity contribution is 5.69. The van der Waals surface area contributed by atoms with Gasteiger partial charge in [0.05, 0.1) is 0 Å². The van der Waals surface area contributed by atoms with E-state index in [9.17, 15) is 14.3 Å². The molecule has 0 aromatic heterocycles. The molecule has 0 unspecified atom stereocenters. The molecule has 1 aromatic rings. The number of nitrogens with one attached hydrogen (secondary N) is 1. The molecule has 1 fully saturated rings. The minimum Gasteiger partial charge on any atom is -0.444 e. The molecule has 1 aromatic carbocycles. The number of carbonyl (C=O) groups is 1. The monoisotopic (exact) mass is 322 g/mol. The Morgan fingerprint density at radius 3 is 2.65 bits per heavy atom.